The van der Waals surface area contributed by atoms with Crippen molar-refractivity contribution in [3.8, 4) is 0 Å². The van der Waals surface area contributed by atoms with Gasteiger partial charge in [-0.3, -0.25) is 14.5 Å². The SMILES string of the molecule is NC(=O)[C@@H]1CCCN1C1CCN(C(=O)/C=C/c2ccccc2)CC1. The largest absolute Gasteiger partial charge is 0.368 e. The highest BCUT2D eigenvalue weighted by Gasteiger charge is 2.35. The number of nitrogens with two attached hydrogens (primary N) is 1. The molecule has 128 valence electrons. The summed E-state index contributed by atoms with van der Waals surface area (Å²) in [4.78, 5) is 28.0. The average Bonchev–Trinajstić information content (AvgIpc) is 3.11. The van der Waals surface area contributed by atoms with E-state index < -0.39 is 0 Å². The van der Waals surface area contributed by atoms with Gasteiger partial charge in [0.15, 0.2) is 0 Å². The topological polar surface area (TPSA) is 66.6 Å². The Balaban J connectivity index is 1.52. The van der Waals surface area contributed by atoms with E-state index in [4.69, 9.17) is 5.73 Å². The van der Waals surface area contributed by atoms with Crippen molar-refractivity contribution >= 4 is 17.9 Å². The first-order valence-electron chi connectivity index (χ1n) is 8.72. The van der Waals surface area contributed by atoms with Crippen LogP contribution in [0.2, 0.25) is 0 Å². The Hall–Kier alpha value is -2.14. The fourth-order valence-corrected chi connectivity index (χ4v) is 3.79. The van der Waals surface area contributed by atoms with Gasteiger partial charge in [0.1, 0.15) is 0 Å². The fraction of sp³-hybridized carbons (Fsp3) is 0.474. The molecule has 2 fully saturated rings. The molecule has 2 amide bonds. The molecule has 1 atom stereocenters. The summed E-state index contributed by atoms with van der Waals surface area (Å²) in [6, 6.07) is 10.1. The summed E-state index contributed by atoms with van der Waals surface area (Å²) in [6.45, 7) is 2.43. The second kappa shape index (κ2) is 7.62. The van der Waals surface area contributed by atoms with Gasteiger partial charge in [-0.25, -0.2) is 0 Å². The van der Waals surface area contributed by atoms with E-state index in [-0.39, 0.29) is 17.9 Å². The molecule has 5 nitrogen and oxygen atoms in total. The first-order valence-corrected chi connectivity index (χ1v) is 8.72. The highest BCUT2D eigenvalue weighted by Crippen LogP contribution is 2.26. The Morgan fingerprint density at radius 3 is 2.42 bits per heavy atom. The molecule has 2 aliphatic heterocycles. The second-order valence-corrected chi connectivity index (χ2v) is 6.60. The number of likely N-dealkylation sites (tertiary alicyclic amines) is 2. The van der Waals surface area contributed by atoms with Crippen LogP contribution in [0, 0.1) is 0 Å². The Kier molecular flexibility index (Phi) is 5.30. The molecular weight excluding hydrogens is 302 g/mol. The van der Waals surface area contributed by atoms with Gasteiger partial charge in [0.05, 0.1) is 6.04 Å². The van der Waals surface area contributed by atoms with Gasteiger partial charge in [-0.05, 0) is 43.9 Å². The summed E-state index contributed by atoms with van der Waals surface area (Å²) in [6.07, 6.45) is 7.24. The number of nitrogens with zero attached hydrogens (tertiary/aromatic N) is 2. The number of carbonyl (C=O) groups is 2. The van der Waals surface area contributed by atoms with Gasteiger partial charge in [0, 0.05) is 25.2 Å². The molecule has 24 heavy (non-hydrogen) atoms. The highest BCUT2D eigenvalue weighted by molar-refractivity contribution is 5.91. The normalized spacial score (nSPS) is 23.0. The monoisotopic (exact) mass is 327 g/mol. The first-order chi connectivity index (χ1) is 11.6. The summed E-state index contributed by atoms with van der Waals surface area (Å²) in [5.41, 5.74) is 6.54. The van der Waals surface area contributed by atoms with Gasteiger partial charge in [-0.1, -0.05) is 30.3 Å². The predicted molar refractivity (Wildman–Crippen MR) is 94.0 cm³/mol. The molecule has 0 saturated carbocycles. The van der Waals surface area contributed by atoms with Gasteiger partial charge in [0.25, 0.3) is 0 Å². The smallest absolute Gasteiger partial charge is 0.246 e. The van der Waals surface area contributed by atoms with Crippen LogP contribution in [-0.4, -0.2) is 53.3 Å². The van der Waals surface area contributed by atoms with Crippen LogP contribution in [0.4, 0.5) is 0 Å². The maximum Gasteiger partial charge on any atom is 0.246 e. The zero-order valence-electron chi connectivity index (χ0n) is 13.9. The molecule has 3 rings (SSSR count). The molecule has 0 spiro atoms. The van der Waals surface area contributed by atoms with Crippen molar-refractivity contribution in [1.82, 2.24) is 9.80 Å². The van der Waals surface area contributed by atoms with E-state index in [2.05, 4.69) is 4.90 Å². The van der Waals surface area contributed by atoms with Crippen LogP contribution in [0.5, 0.6) is 0 Å². The third kappa shape index (κ3) is 3.85. The minimum Gasteiger partial charge on any atom is -0.368 e. The van der Waals surface area contributed by atoms with Crippen molar-refractivity contribution in [2.45, 2.75) is 37.8 Å². The molecule has 0 bridgehead atoms. The van der Waals surface area contributed by atoms with Gasteiger partial charge in [-0.15, -0.1) is 0 Å². The number of rotatable bonds is 4. The fourth-order valence-electron chi connectivity index (χ4n) is 3.79. The minimum absolute atomic E-state index is 0.0603. The number of piperidine rings is 1. The van der Waals surface area contributed by atoms with E-state index >= 15 is 0 Å². The summed E-state index contributed by atoms with van der Waals surface area (Å²) >= 11 is 0. The van der Waals surface area contributed by atoms with Crippen LogP contribution in [0.3, 0.4) is 0 Å². The summed E-state index contributed by atoms with van der Waals surface area (Å²) < 4.78 is 0. The van der Waals surface area contributed by atoms with E-state index in [9.17, 15) is 9.59 Å². The zero-order chi connectivity index (χ0) is 16.9. The first kappa shape index (κ1) is 16.7. The molecule has 2 heterocycles. The number of hydrogen-bond donors (Lipinski definition) is 1. The van der Waals surface area contributed by atoms with Crippen LogP contribution in [-0.2, 0) is 9.59 Å². The molecular formula is C19H25N3O2. The minimum atomic E-state index is -0.211. The van der Waals surface area contributed by atoms with Crippen molar-refractivity contribution in [3.05, 3.63) is 42.0 Å². The van der Waals surface area contributed by atoms with Crippen LogP contribution in [0.1, 0.15) is 31.2 Å². The van der Waals surface area contributed by atoms with E-state index in [1.807, 2.05) is 41.3 Å². The number of primary amides is 1. The second-order valence-electron chi connectivity index (χ2n) is 6.60. The third-order valence-electron chi connectivity index (χ3n) is 5.09. The number of carbonyl (C=O) groups excluding carboxylic acids is 2. The zero-order valence-corrected chi connectivity index (χ0v) is 13.9. The molecule has 5 heteroatoms. The van der Waals surface area contributed by atoms with Crippen LogP contribution in [0.25, 0.3) is 6.08 Å². The standard InChI is InChI=1S/C19H25N3O2/c20-19(24)17-7-4-12-22(17)16-10-13-21(14-11-16)18(23)9-8-15-5-2-1-3-6-15/h1-3,5-6,8-9,16-17H,4,7,10-14H2,(H2,20,24)/b9-8+/t17-/m0/s1. The average molecular weight is 327 g/mol. The number of hydrogen-bond acceptors (Lipinski definition) is 3. The van der Waals surface area contributed by atoms with Gasteiger partial charge in [-0.2, -0.15) is 0 Å². The molecule has 0 aromatic heterocycles. The van der Waals surface area contributed by atoms with Crippen molar-refractivity contribution < 1.29 is 9.59 Å². The summed E-state index contributed by atoms with van der Waals surface area (Å²) in [5, 5.41) is 0. The Labute approximate surface area is 143 Å². The third-order valence-corrected chi connectivity index (χ3v) is 5.09. The van der Waals surface area contributed by atoms with Crippen molar-refractivity contribution in [2.75, 3.05) is 19.6 Å². The van der Waals surface area contributed by atoms with E-state index in [1.54, 1.807) is 6.08 Å². The summed E-state index contributed by atoms with van der Waals surface area (Å²) in [5.74, 6) is -0.151. The maximum atomic E-state index is 12.3. The van der Waals surface area contributed by atoms with Gasteiger partial charge in [0.2, 0.25) is 11.8 Å². The van der Waals surface area contributed by atoms with Crippen LogP contribution >= 0.6 is 0 Å². The molecule has 2 N–H and O–H groups in total. The molecule has 1 aromatic rings. The predicted octanol–water partition coefficient (Wildman–Crippen LogP) is 1.64. The lowest BCUT2D eigenvalue weighted by Crippen LogP contribution is -2.51. The molecule has 0 radical (unpaired) electrons. The van der Waals surface area contributed by atoms with Crippen molar-refractivity contribution in [3.63, 3.8) is 0 Å². The lowest BCUT2D eigenvalue weighted by Gasteiger charge is -2.38. The van der Waals surface area contributed by atoms with Crippen LogP contribution < -0.4 is 5.73 Å². The maximum absolute atomic E-state index is 12.3. The Bertz CT molecular complexity index is 606. The lowest BCUT2D eigenvalue weighted by atomic mass is 10.0. The summed E-state index contributed by atoms with van der Waals surface area (Å²) in [7, 11) is 0. The van der Waals surface area contributed by atoms with Crippen molar-refractivity contribution in [1.29, 1.82) is 0 Å². The molecule has 0 aliphatic carbocycles. The Morgan fingerprint density at radius 1 is 1.04 bits per heavy atom. The van der Waals surface area contributed by atoms with E-state index in [1.165, 1.54) is 0 Å². The number of benzene rings is 1. The van der Waals surface area contributed by atoms with Gasteiger partial charge < -0.3 is 10.6 Å². The molecule has 1 aromatic carbocycles. The lowest BCUT2D eigenvalue weighted by molar-refractivity contribution is -0.129. The number of amides is 2. The van der Waals surface area contributed by atoms with Crippen LogP contribution in [0.15, 0.2) is 36.4 Å². The molecule has 2 saturated heterocycles. The van der Waals surface area contributed by atoms with Gasteiger partial charge >= 0.3 is 0 Å². The van der Waals surface area contributed by atoms with E-state index in [0.717, 1.165) is 50.9 Å². The molecule has 0 unspecified atom stereocenters. The highest BCUT2D eigenvalue weighted by atomic mass is 16.2. The quantitative estimate of drug-likeness (QED) is 0.855. The van der Waals surface area contributed by atoms with E-state index in [0.29, 0.717) is 6.04 Å². The molecule has 2 aliphatic rings. The van der Waals surface area contributed by atoms with Crippen molar-refractivity contribution in [2.24, 2.45) is 5.73 Å². The Morgan fingerprint density at radius 2 is 1.75 bits per heavy atom.